The number of hydrogen-bond acceptors (Lipinski definition) is 4. The number of carbonyl (C=O) groups excluding carboxylic acids is 1. The van der Waals surface area contributed by atoms with Gasteiger partial charge in [0.2, 0.25) is 5.91 Å². The maximum absolute atomic E-state index is 12.2. The van der Waals surface area contributed by atoms with Crippen molar-refractivity contribution in [2.24, 2.45) is 0 Å². The molecule has 2 aromatic rings. The Morgan fingerprint density at radius 1 is 1.38 bits per heavy atom. The average molecular weight is 411 g/mol. The van der Waals surface area contributed by atoms with Crippen LogP contribution in [0.3, 0.4) is 0 Å². The van der Waals surface area contributed by atoms with Crippen LogP contribution in [-0.2, 0) is 9.53 Å². The second kappa shape index (κ2) is 8.07. The van der Waals surface area contributed by atoms with Crippen LogP contribution in [0.15, 0.2) is 47.1 Å². The van der Waals surface area contributed by atoms with Crippen LogP contribution in [0, 0.1) is 0 Å². The van der Waals surface area contributed by atoms with Crippen molar-refractivity contribution in [2.75, 3.05) is 31.6 Å². The summed E-state index contributed by atoms with van der Waals surface area (Å²) in [6, 6.07) is 11.5. The highest BCUT2D eigenvalue weighted by Gasteiger charge is 2.23. The van der Waals surface area contributed by atoms with Gasteiger partial charge in [0.15, 0.2) is 5.15 Å². The van der Waals surface area contributed by atoms with Gasteiger partial charge >= 0.3 is 0 Å². The van der Waals surface area contributed by atoms with Crippen molar-refractivity contribution in [3.05, 3.63) is 57.8 Å². The predicted octanol–water partition coefficient (Wildman–Crippen LogP) is 3.51. The van der Waals surface area contributed by atoms with Gasteiger partial charge in [0, 0.05) is 23.8 Å². The highest BCUT2D eigenvalue weighted by Crippen LogP contribution is 2.24. The number of anilines is 1. The zero-order valence-corrected chi connectivity index (χ0v) is 15.3. The molecule has 1 amide bonds. The number of rotatable bonds is 4. The van der Waals surface area contributed by atoms with E-state index in [2.05, 4.69) is 31.1 Å². The van der Waals surface area contributed by atoms with Gasteiger partial charge in [-0.05, 0) is 29.8 Å². The first-order valence-electron chi connectivity index (χ1n) is 7.61. The zero-order chi connectivity index (χ0) is 16.9. The van der Waals surface area contributed by atoms with E-state index in [4.69, 9.17) is 16.3 Å². The SMILES string of the molecule is O=C(CN1CCOC(c2ccc(Br)cc2)C1)Nc1cccnc1Cl. The third-order valence-corrected chi connectivity index (χ3v) is 4.62. The molecule has 1 aromatic carbocycles. The normalized spacial score (nSPS) is 18.3. The van der Waals surface area contributed by atoms with Crippen molar-refractivity contribution in [1.29, 1.82) is 0 Å². The lowest BCUT2D eigenvalue weighted by Crippen LogP contribution is -2.42. The molecule has 1 aliphatic heterocycles. The predicted molar refractivity (Wildman–Crippen MR) is 97.2 cm³/mol. The Hall–Kier alpha value is -1.47. The van der Waals surface area contributed by atoms with Crippen LogP contribution >= 0.6 is 27.5 Å². The minimum Gasteiger partial charge on any atom is -0.371 e. The van der Waals surface area contributed by atoms with E-state index in [0.717, 1.165) is 16.6 Å². The van der Waals surface area contributed by atoms with Crippen LogP contribution in [0.1, 0.15) is 11.7 Å². The van der Waals surface area contributed by atoms with Gasteiger partial charge in [-0.3, -0.25) is 9.69 Å². The first-order valence-corrected chi connectivity index (χ1v) is 8.79. The van der Waals surface area contributed by atoms with Crippen molar-refractivity contribution < 1.29 is 9.53 Å². The lowest BCUT2D eigenvalue weighted by molar-refractivity contribution is -0.119. The minimum atomic E-state index is -0.110. The lowest BCUT2D eigenvalue weighted by Gasteiger charge is -2.32. The largest absolute Gasteiger partial charge is 0.371 e. The zero-order valence-electron chi connectivity index (χ0n) is 12.9. The van der Waals surface area contributed by atoms with Gasteiger partial charge in [-0.15, -0.1) is 0 Å². The molecule has 24 heavy (non-hydrogen) atoms. The van der Waals surface area contributed by atoms with E-state index >= 15 is 0 Å². The summed E-state index contributed by atoms with van der Waals surface area (Å²) >= 11 is 9.40. The van der Waals surface area contributed by atoms with Crippen molar-refractivity contribution in [3.8, 4) is 0 Å². The van der Waals surface area contributed by atoms with Gasteiger partial charge in [0.25, 0.3) is 0 Å². The Morgan fingerprint density at radius 2 is 2.17 bits per heavy atom. The summed E-state index contributed by atoms with van der Waals surface area (Å²) in [5.41, 5.74) is 1.64. The van der Waals surface area contributed by atoms with Crippen molar-refractivity contribution >= 4 is 39.1 Å². The molecular formula is C17H17BrClN3O2. The molecule has 126 valence electrons. The number of ether oxygens (including phenoxy) is 1. The van der Waals surface area contributed by atoms with Crippen LogP contribution in [-0.4, -0.2) is 42.0 Å². The molecule has 0 bridgehead atoms. The van der Waals surface area contributed by atoms with Gasteiger partial charge in [-0.25, -0.2) is 4.98 Å². The smallest absolute Gasteiger partial charge is 0.238 e. The fraction of sp³-hybridized carbons (Fsp3) is 0.294. The molecule has 0 aliphatic carbocycles. The molecular weight excluding hydrogens is 394 g/mol. The molecule has 1 unspecified atom stereocenters. The van der Waals surface area contributed by atoms with Gasteiger partial charge < -0.3 is 10.1 Å². The Morgan fingerprint density at radius 3 is 2.92 bits per heavy atom. The number of amides is 1. The molecule has 0 radical (unpaired) electrons. The van der Waals surface area contributed by atoms with Crippen LogP contribution in [0.25, 0.3) is 0 Å². The summed E-state index contributed by atoms with van der Waals surface area (Å²) in [5.74, 6) is -0.110. The number of hydrogen-bond donors (Lipinski definition) is 1. The molecule has 1 aliphatic rings. The quantitative estimate of drug-likeness (QED) is 0.784. The Balaban J connectivity index is 1.58. The van der Waals surface area contributed by atoms with E-state index in [-0.39, 0.29) is 12.0 Å². The number of nitrogens with zero attached hydrogens (tertiary/aromatic N) is 2. The van der Waals surface area contributed by atoms with Crippen molar-refractivity contribution in [1.82, 2.24) is 9.88 Å². The van der Waals surface area contributed by atoms with Crippen LogP contribution in [0.2, 0.25) is 5.15 Å². The van der Waals surface area contributed by atoms with Gasteiger partial charge in [0.1, 0.15) is 0 Å². The number of benzene rings is 1. The van der Waals surface area contributed by atoms with E-state index in [0.29, 0.717) is 30.5 Å². The van der Waals surface area contributed by atoms with Gasteiger partial charge in [-0.1, -0.05) is 39.7 Å². The highest BCUT2D eigenvalue weighted by molar-refractivity contribution is 9.10. The van der Waals surface area contributed by atoms with Crippen LogP contribution in [0.4, 0.5) is 5.69 Å². The van der Waals surface area contributed by atoms with Crippen molar-refractivity contribution in [2.45, 2.75) is 6.10 Å². The van der Waals surface area contributed by atoms with Crippen LogP contribution < -0.4 is 5.32 Å². The Kier molecular flexibility index (Phi) is 5.84. The molecule has 3 rings (SSSR count). The lowest BCUT2D eigenvalue weighted by atomic mass is 10.1. The number of carbonyl (C=O) groups is 1. The van der Waals surface area contributed by atoms with E-state index in [1.165, 1.54) is 0 Å². The summed E-state index contributed by atoms with van der Waals surface area (Å²) < 4.78 is 6.87. The summed E-state index contributed by atoms with van der Waals surface area (Å²) in [6.45, 7) is 2.29. The molecule has 5 nitrogen and oxygen atoms in total. The fourth-order valence-corrected chi connectivity index (χ4v) is 3.03. The molecule has 1 atom stereocenters. The first-order chi connectivity index (χ1) is 11.6. The molecule has 2 heterocycles. The number of morpholine rings is 1. The minimum absolute atomic E-state index is 0.0263. The molecule has 1 fully saturated rings. The van der Waals surface area contributed by atoms with E-state index in [9.17, 15) is 4.79 Å². The molecule has 7 heteroatoms. The summed E-state index contributed by atoms with van der Waals surface area (Å²) in [6.07, 6.45) is 1.56. The Bertz CT molecular complexity index is 711. The molecule has 0 saturated carbocycles. The van der Waals surface area contributed by atoms with Crippen LogP contribution in [0.5, 0.6) is 0 Å². The number of pyridine rings is 1. The molecule has 0 spiro atoms. The van der Waals surface area contributed by atoms with E-state index in [1.54, 1.807) is 18.3 Å². The van der Waals surface area contributed by atoms with E-state index < -0.39 is 0 Å². The van der Waals surface area contributed by atoms with Gasteiger partial charge in [0.05, 0.1) is 24.9 Å². The monoisotopic (exact) mass is 409 g/mol. The topological polar surface area (TPSA) is 54.5 Å². The third kappa shape index (κ3) is 4.54. The highest BCUT2D eigenvalue weighted by atomic mass is 79.9. The second-order valence-corrected chi connectivity index (χ2v) is 6.81. The number of halogens is 2. The van der Waals surface area contributed by atoms with Crippen molar-refractivity contribution in [3.63, 3.8) is 0 Å². The molecule has 1 N–H and O–H groups in total. The van der Waals surface area contributed by atoms with Gasteiger partial charge in [-0.2, -0.15) is 0 Å². The summed E-state index contributed by atoms with van der Waals surface area (Å²) in [4.78, 5) is 18.3. The first kappa shape index (κ1) is 17.4. The van der Waals surface area contributed by atoms with E-state index in [1.807, 2.05) is 24.3 Å². The average Bonchev–Trinajstić information content (AvgIpc) is 2.58. The summed E-state index contributed by atoms with van der Waals surface area (Å²) in [7, 11) is 0. The Labute approximate surface area is 154 Å². The number of aromatic nitrogens is 1. The third-order valence-electron chi connectivity index (χ3n) is 3.79. The molecule has 1 aromatic heterocycles. The standard InChI is InChI=1S/C17H17BrClN3O2/c18-13-5-3-12(4-6-13)15-10-22(8-9-24-15)11-16(23)21-14-2-1-7-20-17(14)19/h1-7,15H,8-11H2,(H,21,23). The second-order valence-electron chi connectivity index (χ2n) is 5.54. The molecule has 1 saturated heterocycles. The number of nitrogens with one attached hydrogen (secondary N) is 1. The fourth-order valence-electron chi connectivity index (χ4n) is 2.60. The maximum atomic E-state index is 12.2. The summed E-state index contributed by atoms with van der Waals surface area (Å²) in [5, 5.41) is 3.09. The maximum Gasteiger partial charge on any atom is 0.238 e.